The molecule has 1 saturated heterocycles. The summed E-state index contributed by atoms with van der Waals surface area (Å²) in [7, 11) is -3.88. The van der Waals surface area contributed by atoms with Crippen LogP contribution in [0.25, 0.3) is 0 Å². The molecule has 1 N–H and O–H groups in total. The van der Waals surface area contributed by atoms with Crippen LogP contribution in [-0.4, -0.2) is 31.7 Å². The molecule has 27 heavy (non-hydrogen) atoms. The molecule has 5 nitrogen and oxygen atoms in total. The first-order valence-corrected chi connectivity index (χ1v) is 10.5. The number of anilines is 1. The highest BCUT2D eigenvalue weighted by molar-refractivity contribution is 7.89. The van der Waals surface area contributed by atoms with Gasteiger partial charge in [0.15, 0.2) is 0 Å². The SMILES string of the molecule is O=C(Nc1cccc(F)c1)[C@H]1CCCN(S(=O)(=O)c2cc(Cl)ccc2Cl)C1. The quantitative estimate of drug-likeness (QED) is 0.790. The number of nitrogens with zero attached hydrogens (tertiary/aromatic N) is 1. The predicted molar refractivity (Wildman–Crippen MR) is 103 cm³/mol. The van der Waals surface area contributed by atoms with Gasteiger partial charge in [-0.15, -0.1) is 0 Å². The number of hydrogen-bond acceptors (Lipinski definition) is 3. The van der Waals surface area contributed by atoms with Gasteiger partial charge in [-0.2, -0.15) is 4.31 Å². The van der Waals surface area contributed by atoms with Crippen molar-refractivity contribution >= 4 is 44.8 Å². The third-order valence-electron chi connectivity index (χ3n) is 4.36. The van der Waals surface area contributed by atoms with Gasteiger partial charge in [-0.3, -0.25) is 4.79 Å². The lowest BCUT2D eigenvalue weighted by Gasteiger charge is -2.31. The molecule has 0 spiro atoms. The van der Waals surface area contributed by atoms with Crippen molar-refractivity contribution in [3.8, 4) is 0 Å². The number of sulfonamides is 1. The van der Waals surface area contributed by atoms with Gasteiger partial charge in [0.25, 0.3) is 0 Å². The predicted octanol–water partition coefficient (Wildman–Crippen LogP) is 4.17. The molecule has 0 aromatic heterocycles. The largest absolute Gasteiger partial charge is 0.326 e. The first-order valence-electron chi connectivity index (χ1n) is 8.29. The van der Waals surface area contributed by atoms with E-state index in [2.05, 4.69) is 5.32 Å². The molecule has 2 aromatic carbocycles. The van der Waals surface area contributed by atoms with Crippen molar-refractivity contribution in [1.82, 2.24) is 4.31 Å². The van der Waals surface area contributed by atoms with Crippen molar-refractivity contribution in [2.75, 3.05) is 18.4 Å². The van der Waals surface area contributed by atoms with Gasteiger partial charge in [0.05, 0.1) is 10.9 Å². The number of carbonyl (C=O) groups excluding carboxylic acids is 1. The molecule has 1 aliphatic heterocycles. The Balaban J connectivity index is 1.77. The van der Waals surface area contributed by atoms with Crippen LogP contribution in [0.3, 0.4) is 0 Å². The lowest BCUT2D eigenvalue weighted by Crippen LogP contribution is -2.43. The summed E-state index contributed by atoms with van der Waals surface area (Å²) >= 11 is 11.9. The zero-order valence-electron chi connectivity index (χ0n) is 14.2. The van der Waals surface area contributed by atoms with E-state index in [1.165, 1.54) is 40.7 Å². The number of piperidine rings is 1. The summed E-state index contributed by atoms with van der Waals surface area (Å²) < 4.78 is 40.4. The molecule has 0 unspecified atom stereocenters. The highest BCUT2D eigenvalue weighted by atomic mass is 35.5. The molecule has 0 saturated carbocycles. The van der Waals surface area contributed by atoms with Crippen LogP contribution in [0.5, 0.6) is 0 Å². The van der Waals surface area contributed by atoms with E-state index in [1.807, 2.05) is 0 Å². The summed E-state index contributed by atoms with van der Waals surface area (Å²) in [6, 6.07) is 9.78. The lowest BCUT2D eigenvalue weighted by atomic mass is 9.99. The average Bonchev–Trinajstić information content (AvgIpc) is 2.63. The van der Waals surface area contributed by atoms with Crippen molar-refractivity contribution in [2.24, 2.45) is 5.92 Å². The smallest absolute Gasteiger partial charge is 0.244 e. The average molecular weight is 431 g/mol. The van der Waals surface area contributed by atoms with E-state index in [0.717, 1.165) is 0 Å². The van der Waals surface area contributed by atoms with E-state index >= 15 is 0 Å². The zero-order chi connectivity index (χ0) is 19.6. The maximum Gasteiger partial charge on any atom is 0.244 e. The Labute approximate surface area is 167 Å². The summed E-state index contributed by atoms with van der Waals surface area (Å²) in [4.78, 5) is 12.4. The van der Waals surface area contributed by atoms with Crippen LogP contribution in [0.1, 0.15) is 12.8 Å². The Hall–Kier alpha value is -1.67. The Morgan fingerprint density at radius 2 is 1.96 bits per heavy atom. The first-order chi connectivity index (χ1) is 12.8. The van der Waals surface area contributed by atoms with Crippen LogP contribution in [0, 0.1) is 11.7 Å². The maximum absolute atomic E-state index is 13.3. The van der Waals surface area contributed by atoms with Gasteiger partial charge in [0, 0.05) is 23.8 Å². The molecule has 2 aromatic rings. The number of rotatable bonds is 4. The Morgan fingerprint density at radius 3 is 2.70 bits per heavy atom. The minimum absolute atomic E-state index is 0.0202. The molecular weight excluding hydrogens is 414 g/mol. The van der Waals surface area contributed by atoms with Crippen LogP contribution >= 0.6 is 23.2 Å². The van der Waals surface area contributed by atoms with E-state index in [0.29, 0.717) is 18.5 Å². The van der Waals surface area contributed by atoms with Gasteiger partial charge >= 0.3 is 0 Å². The fraction of sp³-hybridized carbons (Fsp3) is 0.278. The summed E-state index contributed by atoms with van der Waals surface area (Å²) in [6.45, 7) is 0.307. The van der Waals surface area contributed by atoms with Gasteiger partial charge in [0.1, 0.15) is 10.7 Å². The minimum atomic E-state index is -3.88. The van der Waals surface area contributed by atoms with Gasteiger partial charge in [-0.05, 0) is 49.2 Å². The van der Waals surface area contributed by atoms with E-state index in [1.54, 1.807) is 6.07 Å². The molecule has 144 valence electrons. The molecule has 1 atom stereocenters. The number of benzene rings is 2. The van der Waals surface area contributed by atoms with Crippen molar-refractivity contribution in [2.45, 2.75) is 17.7 Å². The Bertz CT molecular complexity index is 969. The van der Waals surface area contributed by atoms with Crippen molar-refractivity contribution in [3.05, 3.63) is 58.3 Å². The van der Waals surface area contributed by atoms with Crippen LogP contribution in [0.2, 0.25) is 10.0 Å². The fourth-order valence-corrected chi connectivity index (χ4v) is 5.26. The van der Waals surface area contributed by atoms with E-state index in [9.17, 15) is 17.6 Å². The second kappa shape index (κ2) is 8.14. The molecule has 1 fully saturated rings. The number of hydrogen-bond donors (Lipinski definition) is 1. The lowest BCUT2D eigenvalue weighted by molar-refractivity contribution is -0.120. The number of carbonyl (C=O) groups is 1. The molecule has 3 rings (SSSR count). The van der Waals surface area contributed by atoms with Crippen LogP contribution in [0.4, 0.5) is 10.1 Å². The normalized spacial score (nSPS) is 18.3. The highest BCUT2D eigenvalue weighted by Crippen LogP contribution is 2.30. The standard InChI is InChI=1S/C18H17Cl2FN2O3S/c19-13-6-7-16(20)17(9-13)27(25,26)23-8-2-3-12(11-23)18(24)22-15-5-1-4-14(21)10-15/h1,4-7,9-10,12H,2-3,8,11H2,(H,22,24)/t12-/m0/s1. The van der Waals surface area contributed by atoms with Crippen LogP contribution < -0.4 is 5.32 Å². The molecular formula is C18H17Cl2FN2O3S. The van der Waals surface area contributed by atoms with Crippen LogP contribution in [-0.2, 0) is 14.8 Å². The summed E-state index contributed by atoms with van der Waals surface area (Å²) in [6.07, 6.45) is 1.06. The minimum Gasteiger partial charge on any atom is -0.326 e. The molecule has 0 bridgehead atoms. The van der Waals surface area contributed by atoms with Crippen molar-refractivity contribution in [3.63, 3.8) is 0 Å². The first kappa shape index (κ1) is 20.1. The third kappa shape index (κ3) is 4.60. The Kier molecular flexibility index (Phi) is 6.05. The monoisotopic (exact) mass is 430 g/mol. The molecule has 1 aliphatic rings. The molecule has 1 heterocycles. The van der Waals surface area contributed by atoms with E-state index < -0.39 is 21.8 Å². The number of halogens is 3. The van der Waals surface area contributed by atoms with Crippen molar-refractivity contribution in [1.29, 1.82) is 0 Å². The maximum atomic E-state index is 13.3. The summed E-state index contributed by atoms with van der Waals surface area (Å²) in [5.41, 5.74) is 0.331. The van der Waals surface area contributed by atoms with Gasteiger partial charge in [-0.25, -0.2) is 12.8 Å². The topological polar surface area (TPSA) is 66.5 Å². The molecule has 1 amide bonds. The molecule has 0 radical (unpaired) electrons. The third-order valence-corrected chi connectivity index (χ3v) is 6.94. The van der Waals surface area contributed by atoms with E-state index in [-0.39, 0.29) is 33.9 Å². The fourth-order valence-electron chi connectivity index (χ4n) is 3.00. The van der Waals surface area contributed by atoms with Crippen LogP contribution in [0.15, 0.2) is 47.4 Å². The van der Waals surface area contributed by atoms with Crippen molar-refractivity contribution < 1.29 is 17.6 Å². The molecule has 0 aliphatic carbocycles. The Morgan fingerprint density at radius 1 is 1.19 bits per heavy atom. The van der Waals surface area contributed by atoms with Gasteiger partial charge in [0.2, 0.25) is 15.9 Å². The molecule has 9 heteroatoms. The zero-order valence-corrected chi connectivity index (χ0v) is 16.5. The number of nitrogens with one attached hydrogen (secondary N) is 1. The second-order valence-electron chi connectivity index (χ2n) is 6.28. The van der Waals surface area contributed by atoms with Gasteiger partial charge in [-0.1, -0.05) is 29.3 Å². The summed E-state index contributed by atoms with van der Waals surface area (Å²) in [5.74, 6) is -1.36. The summed E-state index contributed by atoms with van der Waals surface area (Å²) in [5, 5.41) is 2.97. The number of amides is 1. The van der Waals surface area contributed by atoms with E-state index in [4.69, 9.17) is 23.2 Å². The second-order valence-corrected chi connectivity index (χ2v) is 9.03. The van der Waals surface area contributed by atoms with Gasteiger partial charge < -0.3 is 5.32 Å². The highest BCUT2D eigenvalue weighted by Gasteiger charge is 2.34.